The maximum Gasteiger partial charge on any atom is 0.253 e. The molecule has 1 atom stereocenters. The number of aliphatic hydroxyl groups is 1. The van der Waals surface area contributed by atoms with Crippen molar-refractivity contribution < 1.29 is 9.90 Å². The van der Waals surface area contributed by atoms with Crippen LogP contribution in [0.3, 0.4) is 0 Å². The van der Waals surface area contributed by atoms with Crippen molar-refractivity contribution in [2.45, 2.75) is 19.4 Å². The molecule has 1 N–H and O–H groups in total. The fraction of sp³-hybridized carbons (Fsp3) is 0.533. The summed E-state index contributed by atoms with van der Waals surface area (Å²) in [7, 11) is 0. The molecule has 1 aliphatic heterocycles. The average molecular weight is 297 g/mol. The summed E-state index contributed by atoms with van der Waals surface area (Å²) in [5.41, 5.74) is 0.638. The first-order chi connectivity index (χ1) is 9.60. The predicted octanol–water partition coefficient (Wildman–Crippen LogP) is 1.87. The van der Waals surface area contributed by atoms with Crippen LogP contribution in [0.1, 0.15) is 23.7 Å². The van der Waals surface area contributed by atoms with Crippen molar-refractivity contribution in [3.63, 3.8) is 0 Å². The zero-order valence-electron chi connectivity index (χ0n) is 11.8. The van der Waals surface area contributed by atoms with Crippen LogP contribution in [0.25, 0.3) is 0 Å². The largest absolute Gasteiger partial charge is 0.392 e. The van der Waals surface area contributed by atoms with Crippen molar-refractivity contribution in [3.05, 3.63) is 34.9 Å². The number of benzene rings is 1. The molecule has 110 valence electrons. The van der Waals surface area contributed by atoms with Gasteiger partial charge in [-0.3, -0.25) is 9.69 Å². The highest BCUT2D eigenvalue weighted by Gasteiger charge is 2.23. The SMILES string of the molecule is CC[C@@H](O)CN1CCN(C(=O)c2cccc(Cl)c2)CC1. The Hall–Kier alpha value is -1.10. The van der Waals surface area contributed by atoms with Gasteiger partial charge in [0.25, 0.3) is 5.91 Å². The van der Waals surface area contributed by atoms with Crippen molar-refractivity contribution >= 4 is 17.5 Å². The molecule has 2 rings (SSSR count). The Balaban J connectivity index is 1.89. The molecule has 1 aliphatic rings. The van der Waals surface area contributed by atoms with Gasteiger partial charge in [-0.25, -0.2) is 0 Å². The number of piperazine rings is 1. The van der Waals surface area contributed by atoms with Crippen LogP contribution in [0, 0.1) is 0 Å². The summed E-state index contributed by atoms with van der Waals surface area (Å²) < 4.78 is 0. The van der Waals surface area contributed by atoms with E-state index in [1.165, 1.54) is 0 Å². The molecule has 0 unspecified atom stereocenters. The van der Waals surface area contributed by atoms with Gasteiger partial charge in [-0.05, 0) is 24.6 Å². The number of nitrogens with zero attached hydrogens (tertiary/aromatic N) is 2. The highest BCUT2D eigenvalue weighted by molar-refractivity contribution is 6.30. The molecule has 4 nitrogen and oxygen atoms in total. The molecule has 0 bridgehead atoms. The van der Waals surface area contributed by atoms with Crippen LogP contribution in [0.4, 0.5) is 0 Å². The summed E-state index contributed by atoms with van der Waals surface area (Å²) in [4.78, 5) is 16.4. The van der Waals surface area contributed by atoms with E-state index in [2.05, 4.69) is 4.90 Å². The van der Waals surface area contributed by atoms with E-state index in [-0.39, 0.29) is 12.0 Å². The van der Waals surface area contributed by atoms with Crippen LogP contribution in [-0.2, 0) is 0 Å². The average Bonchev–Trinajstić information content (AvgIpc) is 2.47. The van der Waals surface area contributed by atoms with Gasteiger partial charge in [0, 0.05) is 43.3 Å². The zero-order valence-corrected chi connectivity index (χ0v) is 12.5. The Morgan fingerprint density at radius 1 is 1.35 bits per heavy atom. The number of rotatable bonds is 4. The van der Waals surface area contributed by atoms with Crippen LogP contribution in [0.2, 0.25) is 5.02 Å². The van der Waals surface area contributed by atoms with Crippen LogP contribution < -0.4 is 0 Å². The Bertz CT molecular complexity index is 459. The normalized spacial score (nSPS) is 18.1. The lowest BCUT2D eigenvalue weighted by atomic mass is 10.1. The highest BCUT2D eigenvalue weighted by atomic mass is 35.5. The number of aliphatic hydroxyl groups excluding tert-OH is 1. The monoisotopic (exact) mass is 296 g/mol. The van der Waals surface area contributed by atoms with E-state index in [0.29, 0.717) is 30.2 Å². The van der Waals surface area contributed by atoms with Crippen molar-refractivity contribution in [1.29, 1.82) is 0 Å². The third kappa shape index (κ3) is 3.95. The lowest BCUT2D eigenvalue weighted by Crippen LogP contribution is -2.50. The molecular formula is C15H21ClN2O2. The molecule has 20 heavy (non-hydrogen) atoms. The number of hydrogen-bond donors (Lipinski definition) is 1. The van der Waals surface area contributed by atoms with E-state index in [0.717, 1.165) is 19.5 Å². The molecule has 1 fully saturated rings. The Morgan fingerprint density at radius 3 is 2.65 bits per heavy atom. The van der Waals surface area contributed by atoms with Crippen molar-refractivity contribution in [2.75, 3.05) is 32.7 Å². The Morgan fingerprint density at radius 2 is 2.05 bits per heavy atom. The maximum atomic E-state index is 12.3. The Kier molecular flexibility index (Phi) is 5.40. The zero-order chi connectivity index (χ0) is 14.5. The summed E-state index contributed by atoms with van der Waals surface area (Å²) in [6.45, 7) is 5.68. The third-order valence-corrected chi connectivity index (χ3v) is 3.91. The van der Waals surface area contributed by atoms with E-state index in [9.17, 15) is 9.90 Å². The highest BCUT2D eigenvalue weighted by Crippen LogP contribution is 2.14. The smallest absolute Gasteiger partial charge is 0.253 e. The van der Waals surface area contributed by atoms with E-state index in [4.69, 9.17) is 11.6 Å². The minimum Gasteiger partial charge on any atom is -0.392 e. The number of β-amino-alcohol motifs (C(OH)–C–C–N with tert-alkyl or cyclic N) is 1. The summed E-state index contributed by atoms with van der Waals surface area (Å²) in [5.74, 6) is 0.0307. The van der Waals surface area contributed by atoms with E-state index in [1.807, 2.05) is 11.8 Å². The van der Waals surface area contributed by atoms with Gasteiger partial charge in [-0.15, -0.1) is 0 Å². The maximum absolute atomic E-state index is 12.3. The quantitative estimate of drug-likeness (QED) is 0.922. The molecule has 0 spiro atoms. The molecule has 5 heteroatoms. The fourth-order valence-corrected chi connectivity index (χ4v) is 2.56. The second-order valence-corrected chi connectivity index (χ2v) is 5.60. The van der Waals surface area contributed by atoms with Gasteiger partial charge in [0.2, 0.25) is 0 Å². The minimum atomic E-state index is -0.273. The number of halogens is 1. The van der Waals surface area contributed by atoms with Gasteiger partial charge >= 0.3 is 0 Å². The molecular weight excluding hydrogens is 276 g/mol. The molecule has 1 aromatic carbocycles. The van der Waals surface area contributed by atoms with Crippen LogP contribution in [0.15, 0.2) is 24.3 Å². The predicted molar refractivity (Wildman–Crippen MR) is 80.1 cm³/mol. The first kappa shape index (κ1) is 15.3. The second kappa shape index (κ2) is 7.07. The van der Waals surface area contributed by atoms with Gasteiger partial charge < -0.3 is 10.0 Å². The standard InChI is InChI=1S/C15H21ClN2O2/c1-2-14(19)11-17-6-8-18(9-7-17)15(20)12-4-3-5-13(16)10-12/h3-5,10,14,19H,2,6-9,11H2,1H3/t14-/m1/s1. The van der Waals surface area contributed by atoms with Crippen molar-refractivity contribution in [1.82, 2.24) is 9.80 Å². The molecule has 1 heterocycles. The number of carbonyl (C=O) groups excluding carboxylic acids is 1. The van der Waals surface area contributed by atoms with E-state index >= 15 is 0 Å². The van der Waals surface area contributed by atoms with Crippen LogP contribution >= 0.6 is 11.6 Å². The minimum absolute atomic E-state index is 0.0307. The van der Waals surface area contributed by atoms with Crippen molar-refractivity contribution in [2.24, 2.45) is 0 Å². The van der Waals surface area contributed by atoms with Gasteiger partial charge in [0.1, 0.15) is 0 Å². The van der Waals surface area contributed by atoms with E-state index < -0.39 is 0 Å². The lowest BCUT2D eigenvalue weighted by molar-refractivity contribution is 0.0524. The molecule has 1 aromatic rings. The van der Waals surface area contributed by atoms with Gasteiger partial charge in [0.05, 0.1) is 6.10 Å². The lowest BCUT2D eigenvalue weighted by Gasteiger charge is -2.35. The fourth-order valence-electron chi connectivity index (χ4n) is 2.36. The van der Waals surface area contributed by atoms with Gasteiger partial charge in [0.15, 0.2) is 0 Å². The molecule has 0 saturated carbocycles. The molecule has 0 aliphatic carbocycles. The first-order valence-electron chi connectivity index (χ1n) is 7.05. The molecule has 0 radical (unpaired) electrons. The van der Waals surface area contributed by atoms with Gasteiger partial charge in [-0.2, -0.15) is 0 Å². The topological polar surface area (TPSA) is 43.8 Å². The third-order valence-electron chi connectivity index (χ3n) is 3.67. The summed E-state index contributed by atoms with van der Waals surface area (Å²) in [6.07, 6.45) is 0.493. The number of carbonyl (C=O) groups is 1. The Labute approximate surface area is 124 Å². The number of amides is 1. The molecule has 0 aromatic heterocycles. The summed E-state index contributed by atoms with van der Waals surface area (Å²) in [6, 6.07) is 7.06. The van der Waals surface area contributed by atoms with Gasteiger partial charge in [-0.1, -0.05) is 24.6 Å². The summed E-state index contributed by atoms with van der Waals surface area (Å²) in [5, 5.41) is 10.2. The van der Waals surface area contributed by atoms with Crippen LogP contribution in [0.5, 0.6) is 0 Å². The summed E-state index contributed by atoms with van der Waals surface area (Å²) >= 11 is 5.92. The second-order valence-electron chi connectivity index (χ2n) is 5.17. The van der Waals surface area contributed by atoms with Crippen molar-refractivity contribution in [3.8, 4) is 0 Å². The first-order valence-corrected chi connectivity index (χ1v) is 7.43. The van der Waals surface area contributed by atoms with E-state index in [1.54, 1.807) is 24.3 Å². The number of hydrogen-bond acceptors (Lipinski definition) is 3. The molecule has 1 amide bonds. The molecule has 1 saturated heterocycles. The van der Waals surface area contributed by atoms with Crippen LogP contribution in [-0.4, -0.2) is 59.6 Å².